The smallest absolute Gasteiger partial charge is 0.428 e. The molecule has 6 nitrogen and oxygen atoms in total. The van der Waals surface area contributed by atoms with Gasteiger partial charge in [-0.3, -0.25) is 0 Å². The maximum absolute atomic E-state index is 13.2. The van der Waals surface area contributed by atoms with E-state index in [0.717, 1.165) is 16.2 Å². The van der Waals surface area contributed by atoms with Gasteiger partial charge in [-0.15, -0.1) is 0 Å². The molecule has 0 atom stereocenters. The van der Waals surface area contributed by atoms with Crippen LogP contribution in [0.5, 0.6) is 5.75 Å². The van der Waals surface area contributed by atoms with Gasteiger partial charge in [0.05, 0.1) is 5.75 Å². The summed E-state index contributed by atoms with van der Waals surface area (Å²) < 4.78 is 43.1. The average molecular weight is 517 g/mol. The van der Waals surface area contributed by atoms with Crippen LogP contribution in [0.2, 0.25) is 0 Å². The molecule has 0 saturated heterocycles. The zero-order valence-corrected chi connectivity index (χ0v) is 22.1. The van der Waals surface area contributed by atoms with Gasteiger partial charge < -0.3 is 9.47 Å². The molecular formula is C27H32O6S2. The van der Waals surface area contributed by atoms with Gasteiger partial charge in [-0.25, -0.2) is 8.42 Å². The third kappa shape index (κ3) is 7.10. The zero-order chi connectivity index (χ0) is 25.5. The standard InChI is InChI=1S/C27H32O6S2/c1-5-6-21-34(29,30)33-35(23-13-9-7-10-14-23,24-15-11-8-12-16-24)25-19-17-22(18-20-25)31-26(28)32-27(2,3)4/h7-20H,5-6,21H2,1-4H3. The zero-order valence-electron chi connectivity index (χ0n) is 20.5. The molecule has 3 aromatic carbocycles. The Labute approximate surface area is 209 Å². The molecule has 35 heavy (non-hydrogen) atoms. The minimum atomic E-state index is -3.86. The van der Waals surface area contributed by atoms with Crippen LogP contribution in [0.15, 0.2) is 99.6 Å². The van der Waals surface area contributed by atoms with Gasteiger partial charge in [0.25, 0.3) is 10.1 Å². The number of carbonyl (C=O) groups is 1. The fourth-order valence-electron chi connectivity index (χ4n) is 3.33. The Hall–Kier alpha value is -2.81. The van der Waals surface area contributed by atoms with Gasteiger partial charge in [-0.1, -0.05) is 49.7 Å². The first-order valence-corrected chi connectivity index (χ1v) is 14.6. The first-order valence-electron chi connectivity index (χ1n) is 11.4. The van der Waals surface area contributed by atoms with Crippen molar-refractivity contribution >= 4 is 26.6 Å². The van der Waals surface area contributed by atoms with E-state index < -0.39 is 32.2 Å². The molecule has 0 saturated carbocycles. The van der Waals surface area contributed by atoms with Crippen molar-refractivity contribution < 1.29 is 26.3 Å². The van der Waals surface area contributed by atoms with Gasteiger partial charge in [0.15, 0.2) is 0 Å². The van der Waals surface area contributed by atoms with E-state index in [0.29, 0.717) is 11.3 Å². The molecule has 188 valence electrons. The van der Waals surface area contributed by atoms with Crippen LogP contribution in [0, 0.1) is 0 Å². The van der Waals surface area contributed by atoms with Crippen molar-refractivity contribution in [2.75, 3.05) is 5.75 Å². The van der Waals surface area contributed by atoms with E-state index >= 15 is 0 Å². The first kappa shape index (κ1) is 26.8. The Morgan fingerprint density at radius 2 is 1.26 bits per heavy atom. The molecule has 8 heteroatoms. The van der Waals surface area contributed by atoms with Crippen LogP contribution in [-0.2, 0) is 18.5 Å². The van der Waals surface area contributed by atoms with Crippen molar-refractivity contribution in [3.8, 4) is 5.75 Å². The van der Waals surface area contributed by atoms with Crippen molar-refractivity contribution in [3.63, 3.8) is 0 Å². The van der Waals surface area contributed by atoms with Crippen molar-refractivity contribution in [3.05, 3.63) is 84.9 Å². The van der Waals surface area contributed by atoms with Crippen LogP contribution in [-0.4, -0.2) is 25.9 Å². The molecule has 0 fully saturated rings. The molecule has 3 rings (SSSR count). The molecule has 0 bridgehead atoms. The van der Waals surface area contributed by atoms with Crippen LogP contribution in [0.25, 0.3) is 0 Å². The van der Waals surface area contributed by atoms with E-state index in [1.807, 2.05) is 67.6 Å². The highest BCUT2D eigenvalue weighted by molar-refractivity contribution is 8.33. The Morgan fingerprint density at radius 3 is 1.71 bits per heavy atom. The topological polar surface area (TPSA) is 78.9 Å². The lowest BCUT2D eigenvalue weighted by molar-refractivity contribution is 0.0206. The normalized spacial score (nSPS) is 12.7. The van der Waals surface area contributed by atoms with Gasteiger partial charge in [-0.2, -0.15) is 8.42 Å². The maximum atomic E-state index is 13.2. The Kier molecular flexibility index (Phi) is 8.64. The van der Waals surface area contributed by atoms with E-state index in [2.05, 4.69) is 0 Å². The van der Waals surface area contributed by atoms with Gasteiger partial charge >= 0.3 is 6.16 Å². The Bertz CT molecular complexity index is 1160. The molecule has 0 radical (unpaired) electrons. The summed E-state index contributed by atoms with van der Waals surface area (Å²) in [6.07, 6.45) is 0.427. The molecule has 0 amide bonds. The van der Waals surface area contributed by atoms with Crippen molar-refractivity contribution in [2.45, 2.75) is 60.8 Å². The molecule has 0 aliphatic carbocycles. The van der Waals surface area contributed by atoms with E-state index in [9.17, 15) is 13.2 Å². The molecule has 3 aromatic rings. The Balaban J connectivity index is 2.11. The van der Waals surface area contributed by atoms with Crippen LogP contribution in [0.3, 0.4) is 0 Å². The maximum Gasteiger partial charge on any atom is 0.514 e. The van der Waals surface area contributed by atoms with Crippen molar-refractivity contribution in [2.24, 2.45) is 0 Å². The van der Waals surface area contributed by atoms with Gasteiger partial charge in [0.1, 0.15) is 11.4 Å². The summed E-state index contributed by atoms with van der Waals surface area (Å²) in [6, 6.07) is 25.4. The minimum Gasteiger partial charge on any atom is -0.428 e. The minimum absolute atomic E-state index is 0.0717. The highest BCUT2D eigenvalue weighted by atomic mass is 32.3. The third-order valence-corrected chi connectivity index (χ3v) is 10.1. The first-order chi connectivity index (χ1) is 16.6. The van der Waals surface area contributed by atoms with Gasteiger partial charge in [0, 0.05) is 14.7 Å². The number of rotatable bonds is 9. The quantitative estimate of drug-likeness (QED) is 0.219. The van der Waals surface area contributed by atoms with E-state index in [4.69, 9.17) is 13.1 Å². The number of hydrogen-bond acceptors (Lipinski definition) is 6. The second kappa shape index (κ2) is 11.3. The molecule has 0 aliphatic heterocycles. The third-order valence-electron chi connectivity index (χ3n) is 4.85. The Morgan fingerprint density at radius 1 is 0.771 bits per heavy atom. The monoisotopic (exact) mass is 516 g/mol. The molecule has 0 aliphatic rings. The predicted molar refractivity (Wildman–Crippen MR) is 138 cm³/mol. The van der Waals surface area contributed by atoms with Crippen molar-refractivity contribution in [1.82, 2.24) is 0 Å². The lowest BCUT2D eigenvalue weighted by Gasteiger charge is -2.39. The largest absolute Gasteiger partial charge is 0.514 e. The van der Waals surface area contributed by atoms with Gasteiger partial charge in [-0.05, 0) is 86.0 Å². The van der Waals surface area contributed by atoms with Crippen LogP contribution < -0.4 is 4.74 Å². The second-order valence-electron chi connectivity index (χ2n) is 8.90. The SMILES string of the molecule is CCCCS(=O)(=O)OS(c1ccccc1)(c1ccccc1)c1ccc(OC(=O)OC(C)(C)C)cc1. The second-order valence-corrected chi connectivity index (χ2v) is 13.5. The summed E-state index contributed by atoms with van der Waals surface area (Å²) in [7, 11) is -6.52. The van der Waals surface area contributed by atoms with E-state index in [-0.39, 0.29) is 11.5 Å². The fourth-order valence-corrected chi connectivity index (χ4v) is 8.85. The summed E-state index contributed by atoms with van der Waals surface area (Å²) >= 11 is 0. The summed E-state index contributed by atoms with van der Waals surface area (Å²) in [6.45, 7) is 7.20. The van der Waals surface area contributed by atoms with Crippen LogP contribution in [0.4, 0.5) is 4.79 Å². The summed E-state index contributed by atoms with van der Waals surface area (Å²) in [5.74, 6) is 0.212. The van der Waals surface area contributed by atoms with E-state index in [1.165, 1.54) is 0 Å². The van der Waals surface area contributed by atoms with Crippen molar-refractivity contribution in [1.29, 1.82) is 0 Å². The molecular weight excluding hydrogens is 484 g/mol. The van der Waals surface area contributed by atoms with Crippen LogP contribution >= 0.6 is 10.3 Å². The highest BCUT2D eigenvalue weighted by Crippen LogP contribution is 2.70. The van der Waals surface area contributed by atoms with Crippen LogP contribution in [0.1, 0.15) is 40.5 Å². The summed E-state index contributed by atoms with van der Waals surface area (Å²) in [5, 5.41) is 0. The molecule has 0 spiro atoms. The number of carbonyl (C=O) groups excluding carboxylic acids is 1. The molecule has 0 heterocycles. The lowest BCUT2D eigenvalue weighted by atomic mass is 10.2. The summed E-state index contributed by atoms with van der Waals surface area (Å²) in [5.41, 5.74) is -0.683. The number of benzene rings is 3. The van der Waals surface area contributed by atoms with E-state index in [1.54, 1.807) is 45.0 Å². The molecule has 0 unspecified atom stereocenters. The number of unbranched alkanes of at least 4 members (excludes halogenated alkanes) is 1. The number of hydrogen-bond donors (Lipinski definition) is 0. The predicted octanol–water partition coefficient (Wildman–Crippen LogP) is 7.34. The van der Waals surface area contributed by atoms with Gasteiger partial charge in [0.2, 0.25) is 0 Å². The fraction of sp³-hybridized carbons (Fsp3) is 0.296. The number of ether oxygens (including phenoxy) is 2. The summed E-state index contributed by atoms with van der Waals surface area (Å²) in [4.78, 5) is 14.2. The lowest BCUT2D eigenvalue weighted by Crippen LogP contribution is -2.25. The molecule has 0 N–H and O–H groups in total. The highest BCUT2D eigenvalue weighted by Gasteiger charge is 2.37. The average Bonchev–Trinajstić information content (AvgIpc) is 2.82. The molecule has 0 aromatic heterocycles.